The maximum Gasteiger partial charge on any atom is 0.251 e. The number of carbonyl (C=O) groups is 2. The molecule has 0 radical (unpaired) electrons. The summed E-state index contributed by atoms with van der Waals surface area (Å²) in [6.07, 6.45) is 1.59. The summed E-state index contributed by atoms with van der Waals surface area (Å²) in [5.74, 6) is -1.02. The number of hydrogen-bond donors (Lipinski definition) is 2. The van der Waals surface area contributed by atoms with Gasteiger partial charge in [-0.1, -0.05) is 29.8 Å². The summed E-state index contributed by atoms with van der Waals surface area (Å²) >= 11 is 6.35. The van der Waals surface area contributed by atoms with Crippen molar-refractivity contribution in [2.45, 2.75) is 25.3 Å². The average Bonchev–Trinajstić information content (AvgIpc) is 3.28. The molecule has 0 saturated carbocycles. The fourth-order valence-electron chi connectivity index (χ4n) is 5.01. The number of fused-ring (bicyclic) bond motifs is 3. The second-order valence-electron chi connectivity index (χ2n) is 9.09. The number of hydrogen-bond acceptors (Lipinski definition) is 5. The van der Waals surface area contributed by atoms with E-state index in [0.29, 0.717) is 16.1 Å². The lowest BCUT2D eigenvalue weighted by Gasteiger charge is -2.31. The Kier molecular flexibility index (Phi) is 6.64. The van der Waals surface area contributed by atoms with Gasteiger partial charge in [0.1, 0.15) is 11.9 Å². The van der Waals surface area contributed by atoms with Gasteiger partial charge in [0.25, 0.3) is 5.91 Å². The topological polar surface area (TPSA) is 112 Å². The molecule has 37 heavy (non-hydrogen) atoms. The van der Waals surface area contributed by atoms with Gasteiger partial charge in [0.15, 0.2) is 0 Å². The Hall–Kier alpha value is -4.22. The number of primary amides is 1. The van der Waals surface area contributed by atoms with Gasteiger partial charge in [-0.3, -0.25) is 14.6 Å². The van der Waals surface area contributed by atoms with Gasteiger partial charge >= 0.3 is 0 Å². The van der Waals surface area contributed by atoms with Gasteiger partial charge in [0.2, 0.25) is 5.91 Å². The highest BCUT2D eigenvalue weighted by molar-refractivity contribution is 6.32. The van der Waals surface area contributed by atoms with Crippen LogP contribution < -0.4 is 16.1 Å². The Bertz CT molecular complexity index is 1460. The quantitative estimate of drug-likeness (QED) is 0.504. The van der Waals surface area contributed by atoms with Crippen LogP contribution in [0.25, 0.3) is 0 Å². The van der Waals surface area contributed by atoms with Gasteiger partial charge in [-0.25, -0.2) is 4.39 Å². The molecule has 7 nitrogen and oxygen atoms in total. The molecule has 0 spiro atoms. The fourth-order valence-corrected chi connectivity index (χ4v) is 5.23. The highest BCUT2D eigenvalue weighted by Crippen LogP contribution is 2.46. The van der Waals surface area contributed by atoms with E-state index in [4.69, 9.17) is 22.4 Å². The number of nitriles is 1. The maximum absolute atomic E-state index is 13.7. The van der Waals surface area contributed by atoms with E-state index in [2.05, 4.69) is 11.4 Å². The van der Waals surface area contributed by atoms with E-state index in [9.17, 15) is 19.2 Å². The second kappa shape index (κ2) is 10.0. The summed E-state index contributed by atoms with van der Waals surface area (Å²) in [5.41, 5.74) is 10.5. The highest BCUT2D eigenvalue weighted by Gasteiger charge is 2.42. The predicted molar refractivity (Wildman–Crippen MR) is 139 cm³/mol. The van der Waals surface area contributed by atoms with E-state index in [1.54, 1.807) is 30.3 Å². The van der Waals surface area contributed by atoms with Crippen molar-refractivity contribution in [3.8, 4) is 6.07 Å². The van der Waals surface area contributed by atoms with Crippen LogP contribution in [0, 0.1) is 23.1 Å². The molecule has 2 amide bonds. The Labute approximate surface area is 218 Å². The van der Waals surface area contributed by atoms with Gasteiger partial charge in [0, 0.05) is 30.0 Å². The molecule has 0 bridgehead atoms. The maximum atomic E-state index is 13.7. The third-order valence-electron chi connectivity index (χ3n) is 6.79. The van der Waals surface area contributed by atoms with Gasteiger partial charge in [-0.15, -0.1) is 0 Å². The molecule has 3 aromatic carbocycles. The Morgan fingerprint density at radius 2 is 1.95 bits per heavy atom. The van der Waals surface area contributed by atoms with Crippen molar-refractivity contribution < 1.29 is 14.0 Å². The summed E-state index contributed by atoms with van der Waals surface area (Å²) in [6, 6.07) is 19.0. The van der Waals surface area contributed by atoms with E-state index < -0.39 is 5.91 Å². The number of amides is 2. The predicted octanol–water partition coefficient (Wildman–Crippen LogP) is 4.48. The molecule has 3 N–H and O–H groups in total. The first kappa shape index (κ1) is 24.5. The molecule has 2 atom stereocenters. The Morgan fingerprint density at radius 3 is 2.65 bits per heavy atom. The van der Waals surface area contributed by atoms with Crippen LogP contribution in [0.1, 0.15) is 51.5 Å². The summed E-state index contributed by atoms with van der Waals surface area (Å²) in [4.78, 5) is 23.5. The van der Waals surface area contributed by atoms with Crippen LogP contribution in [0.3, 0.4) is 0 Å². The van der Waals surface area contributed by atoms with E-state index in [0.717, 1.165) is 40.9 Å². The van der Waals surface area contributed by atoms with Crippen LogP contribution in [0.15, 0.2) is 65.8 Å². The van der Waals surface area contributed by atoms with Crippen LogP contribution >= 0.6 is 11.6 Å². The molecule has 1 heterocycles. The normalized spacial score (nSPS) is 17.9. The van der Waals surface area contributed by atoms with Crippen LogP contribution in [-0.2, 0) is 11.2 Å². The fraction of sp³-hybridized carbons (Fsp3) is 0.214. The summed E-state index contributed by atoms with van der Waals surface area (Å²) in [7, 11) is 0. The lowest BCUT2D eigenvalue weighted by molar-refractivity contribution is -0.117. The zero-order valence-electron chi connectivity index (χ0n) is 19.7. The van der Waals surface area contributed by atoms with E-state index in [1.165, 1.54) is 12.1 Å². The number of nitrogens with one attached hydrogen (secondary N) is 1. The summed E-state index contributed by atoms with van der Waals surface area (Å²) < 4.78 is 13.7. The molecule has 2 unspecified atom stereocenters. The number of anilines is 1. The lowest BCUT2D eigenvalue weighted by atomic mass is 9.77. The minimum absolute atomic E-state index is 0.0302. The minimum atomic E-state index is -0.472. The van der Waals surface area contributed by atoms with Gasteiger partial charge in [0.05, 0.1) is 28.0 Å². The summed E-state index contributed by atoms with van der Waals surface area (Å²) in [5, 5.41) is 19.2. The average molecular weight is 516 g/mol. The van der Waals surface area contributed by atoms with Crippen molar-refractivity contribution in [2.24, 2.45) is 16.8 Å². The number of halogens is 2. The molecule has 0 aromatic heterocycles. The first-order valence-electron chi connectivity index (χ1n) is 11.9. The number of rotatable bonds is 6. The van der Waals surface area contributed by atoms with E-state index in [1.807, 2.05) is 23.2 Å². The molecular weight excluding hydrogens is 493 g/mol. The number of aryl methyl sites for hydroxylation is 1. The molecule has 3 aromatic rings. The zero-order valence-corrected chi connectivity index (χ0v) is 20.5. The molecule has 5 rings (SSSR count). The molecule has 186 valence electrons. The smallest absolute Gasteiger partial charge is 0.251 e. The molecule has 9 heteroatoms. The third-order valence-corrected chi connectivity index (χ3v) is 7.10. The third kappa shape index (κ3) is 4.78. The van der Waals surface area contributed by atoms with Crippen LogP contribution in [-0.4, -0.2) is 24.1 Å². The Balaban J connectivity index is 1.51. The molecule has 2 aliphatic rings. The van der Waals surface area contributed by atoms with Crippen molar-refractivity contribution in [2.75, 3.05) is 11.6 Å². The van der Waals surface area contributed by atoms with Crippen molar-refractivity contribution >= 4 is 34.8 Å². The van der Waals surface area contributed by atoms with Gasteiger partial charge in [-0.05, 0) is 66.4 Å². The Morgan fingerprint density at radius 1 is 1.16 bits per heavy atom. The van der Waals surface area contributed by atoms with Crippen molar-refractivity contribution in [3.63, 3.8) is 0 Å². The molecule has 1 aliphatic heterocycles. The monoisotopic (exact) mass is 515 g/mol. The highest BCUT2D eigenvalue weighted by atomic mass is 35.5. The van der Waals surface area contributed by atoms with Crippen LogP contribution in [0.2, 0.25) is 5.02 Å². The number of nitrogens with zero attached hydrogens (tertiary/aromatic N) is 3. The molecule has 0 fully saturated rings. The SMILES string of the molecule is N#Cc1ccc(N2N=C3c4ccc(C(=O)NCCC(N)=O)cc4CCC3C2c2ccc(F)cc2)cc1Cl. The van der Waals surface area contributed by atoms with Crippen LogP contribution in [0.5, 0.6) is 0 Å². The molecular formula is C28H23ClFN5O2. The summed E-state index contributed by atoms with van der Waals surface area (Å²) in [6.45, 7) is 0.182. The first-order valence-corrected chi connectivity index (χ1v) is 12.3. The van der Waals surface area contributed by atoms with Crippen molar-refractivity contribution in [1.29, 1.82) is 5.26 Å². The largest absolute Gasteiger partial charge is 0.370 e. The standard InChI is InChI=1S/C28H23ClFN5O2/c29-24-14-21(8-3-19(24)15-31)35-27(16-1-6-20(30)7-2-16)23-10-4-17-13-18(5-9-22(17)26(23)34-35)28(37)33-12-11-25(32)36/h1-3,5-9,13-14,23,27H,4,10-12H2,(H2,32,36)(H,33,37). The lowest BCUT2D eigenvalue weighted by Crippen LogP contribution is -2.30. The van der Waals surface area contributed by atoms with E-state index in [-0.39, 0.29) is 36.6 Å². The molecule has 0 saturated heterocycles. The number of benzene rings is 3. The number of nitrogens with two attached hydrogens (primary N) is 1. The van der Waals surface area contributed by atoms with Crippen molar-refractivity contribution in [3.05, 3.63) is 99.3 Å². The number of carbonyl (C=O) groups excluding carboxylic acids is 2. The second-order valence-corrected chi connectivity index (χ2v) is 9.50. The zero-order chi connectivity index (χ0) is 26.1. The van der Waals surface area contributed by atoms with E-state index >= 15 is 0 Å². The number of hydrazone groups is 1. The van der Waals surface area contributed by atoms with Crippen molar-refractivity contribution in [1.82, 2.24) is 5.32 Å². The van der Waals surface area contributed by atoms with Gasteiger partial charge in [-0.2, -0.15) is 10.4 Å². The van der Waals surface area contributed by atoms with Gasteiger partial charge < -0.3 is 11.1 Å². The van der Waals surface area contributed by atoms with Crippen LogP contribution in [0.4, 0.5) is 10.1 Å². The minimum Gasteiger partial charge on any atom is -0.370 e. The molecule has 1 aliphatic carbocycles. The first-order chi connectivity index (χ1) is 17.9.